The lowest BCUT2D eigenvalue weighted by Crippen LogP contribution is -2.27. The molecule has 0 spiro atoms. The number of aryl methyl sites for hydroxylation is 1. The molecular weight excluding hydrogens is 452 g/mol. The standard InChI is InChI=1S/C15H21NO.C7H7Cl.C4H10.C3H8.C2H7N/c1-3-14(17)10-16-9-12(2)15(11-16)13-7-5-4-6-8-13;1-6-3-2-4-7(8)5-6;1-3-4-2;2*1-3-2/h4-8,12,15H,3,9-11H2,1-2H3;2-5H,1H3;3-4H2,1-2H3;3H2,1-2H3;3H,1-2H3/t12-,15?;;;;/m0..../s1. The first kappa shape index (κ1) is 35.5. The van der Waals surface area contributed by atoms with Crippen molar-refractivity contribution in [3.63, 3.8) is 0 Å². The Morgan fingerprint density at radius 3 is 1.89 bits per heavy atom. The minimum atomic E-state index is 0.353. The van der Waals surface area contributed by atoms with E-state index >= 15 is 0 Å². The first-order chi connectivity index (χ1) is 16.7. The highest BCUT2D eigenvalue weighted by atomic mass is 35.5. The first-order valence-corrected chi connectivity index (χ1v) is 13.7. The van der Waals surface area contributed by atoms with E-state index in [0.29, 0.717) is 30.6 Å². The molecule has 1 aliphatic rings. The molecule has 200 valence electrons. The van der Waals surface area contributed by atoms with E-state index in [1.165, 1.54) is 30.4 Å². The molecule has 0 bridgehead atoms. The lowest BCUT2D eigenvalue weighted by Gasteiger charge is -2.15. The number of hydrogen-bond donors (Lipinski definition) is 1. The number of likely N-dealkylation sites (tertiary alicyclic amines) is 1. The summed E-state index contributed by atoms with van der Waals surface area (Å²) in [7, 11) is 3.75. The van der Waals surface area contributed by atoms with E-state index in [9.17, 15) is 4.79 Å². The highest BCUT2D eigenvalue weighted by Crippen LogP contribution is 2.31. The van der Waals surface area contributed by atoms with Gasteiger partial charge in [0.15, 0.2) is 0 Å². The van der Waals surface area contributed by atoms with Crippen LogP contribution in [0, 0.1) is 12.8 Å². The van der Waals surface area contributed by atoms with E-state index in [4.69, 9.17) is 11.6 Å². The predicted octanol–water partition coefficient (Wildman–Crippen LogP) is 8.41. The van der Waals surface area contributed by atoms with Gasteiger partial charge in [-0.15, -0.1) is 0 Å². The van der Waals surface area contributed by atoms with E-state index < -0.39 is 0 Å². The van der Waals surface area contributed by atoms with Crippen molar-refractivity contribution in [1.82, 2.24) is 10.2 Å². The van der Waals surface area contributed by atoms with Gasteiger partial charge >= 0.3 is 0 Å². The van der Waals surface area contributed by atoms with Gasteiger partial charge in [0.2, 0.25) is 0 Å². The lowest BCUT2D eigenvalue weighted by molar-refractivity contribution is -0.119. The van der Waals surface area contributed by atoms with Crippen LogP contribution >= 0.6 is 11.6 Å². The van der Waals surface area contributed by atoms with Crippen molar-refractivity contribution >= 4 is 17.4 Å². The van der Waals surface area contributed by atoms with Crippen molar-refractivity contribution in [2.45, 2.75) is 80.1 Å². The third-order valence-corrected chi connectivity index (χ3v) is 5.43. The summed E-state index contributed by atoms with van der Waals surface area (Å²) in [6.07, 6.45) is 4.54. The summed E-state index contributed by atoms with van der Waals surface area (Å²) in [5.74, 6) is 1.58. The van der Waals surface area contributed by atoms with E-state index in [1.807, 2.05) is 52.2 Å². The summed E-state index contributed by atoms with van der Waals surface area (Å²) in [5, 5.41) is 3.56. The summed E-state index contributed by atoms with van der Waals surface area (Å²) < 4.78 is 0. The third kappa shape index (κ3) is 19.2. The lowest BCUT2D eigenvalue weighted by atomic mass is 9.90. The van der Waals surface area contributed by atoms with Gasteiger partial charge in [-0.2, -0.15) is 0 Å². The van der Waals surface area contributed by atoms with Crippen LogP contribution in [0.2, 0.25) is 5.02 Å². The Morgan fingerprint density at radius 1 is 0.943 bits per heavy atom. The van der Waals surface area contributed by atoms with Crippen LogP contribution in [0.1, 0.15) is 84.3 Å². The summed E-state index contributed by atoms with van der Waals surface area (Å²) in [6, 6.07) is 18.4. The van der Waals surface area contributed by atoms with Gasteiger partial charge in [0.25, 0.3) is 0 Å². The fraction of sp³-hybridized carbons (Fsp3) is 0.581. The van der Waals surface area contributed by atoms with Crippen LogP contribution in [-0.4, -0.2) is 44.4 Å². The third-order valence-electron chi connectivity index (χ3n) is 5.19. The van der Waals surface area contributed by atoms with Crippen LogP contribution in [0.4, 0.5) is 0 Å². The molecule has 4 heteroatoms. The number of Topliss-reactive ketones (excluding diaryl/α,β-unsaturated/α-hetero) is 1. The molecule has 1 aliphatic heterocycles. The molecule has 3 rings (SSSR count). The molecule has 0 amide bonds. The predicted molar refractivity (Wildman–Crippen MR) is 158 cm³/mol. The van der Waals surface area contributed by atoms with Gasteiger partial charge in [0, 0.05) is 30.5 Å². The second kappa shape index (κ2) is 24.0. The molecule has 1 N–H and O–H groups in total. The van der Waals surface area contributed by atoms with Crippen molar-refractivity contribution in [3.8, 4) is 0 Å². The maximum Gasteiger partial charge on any atom is 0.146 e. The van der Waals surface area contributed by atoms with Crippen molar-refractivity contribution in [2.24, 2.45) is 5.92 Å². The molecule has 0 aliphatic carbocycles. The fourth-order valence-electron chi connectivity index (χ4n) is 3.30. The molecule has 2 aromatic rings. The maximum atomic E-state index is 11.5. The minimum Gasteiger partial charge on any atom is -0.323 e. The highest BCUT2D eigenvalue weighted by molar-refractivity contribution is 6.30. The summed E-state index contributed by atoms with van der Waals surface area (Å²) in [5.41, 5.74) is 2.61. The second-order valence-electron chi connectivity index (χ2n) is 9.09. The molecule has 1 saturated heterocycles. The average Bonchev–Trinajstić information content (AvgIpc) is 3.20. The Morgan fingerprint density at radius 2 is 1.49 bits per heavy atom. The van der Waals surface area contributed by atoms with E-state index in [0.717, 1.165) is 18.1 Å². The van der Waals surface area contributed by atoms with Crippen LogP contribution in [0.15, 0.2) is 54.6 Å². The van der Waals surface area contributed by atoms with E-state index in [2.05, 4.69) is 75.2 Å². The SMILES string of the molecule is CCC.CCC(=O)CN1CC(c2ccccc2)[C@@H](C)C1.CCCC.CNC.Cc1cccc(Cl)c1. The van der Waals surface area contributed by atoms with Crippen LogP contribution in [-0.2, 0) is 4.79 Å². The van der Waals surface area contributed by atoms with E-state index in [1.54, 1.807) is 0 Å². The topological polar surface area (TPSA) is 32.3 Å². The Balaban J connectivity index is 0. The van der Waals surface area contributed by atoms with Gasteiger partial charge < -0.3 is 5.32 Å². The number of benzene rings is 2. The molecule has 2 atom stereocenters. The van der Waals surface area contributed by atoms with Crippen LogP contribution in [0.3, 0.4) is 0 Å². The van der Waals surface area contributed by atoms with Gasteiger partial charge in [0.1, 0.15) is 5.78 Å². The molecule has 2 aromatic carbocycles. The quantitative estimate of drug-likeness (QED) is 0.443. The summed E-state index contributed by atoms with van der Waals surface area (Å²) in [6.45, 7) is 17.6. The molecule has 0 aromatic heterocycles. The van der Waals surface area contributed by atoms with E-state index in [-0.39, 0.29) is 0 Å². The normalized spacial score (nSPS) is 16.2. The Labute approximate surface area is 222 Å². The Hall–Kier alpha value is -1.68. The zero-order valence-corrected chi connectivity index (χ0v) is 24.8. The molecule has 1 fully saturated rings. The van der Waals surface area contributed by atoms with Gasteiger partial charge in [-0.05, 0) is 50.2 Å². The molecule has 35 heavy (non-hydrogen) atoms. The molecule has 1 heterocycles. The summed E-state index contributed by atoms with van der Waals surface area (Å²) in [4.78, 5) is 13.8. The van der Waals surface area contributed by atoms with Crippen molar-refractivity contribution in [2.75, 3.05) is 33.7 Å². The minimum absolute atomic E-state index is 0.353. The summed E-state index contributed by atoms with van der Waals surface area (Å²) >= 11 is 5.64. The molecular formula is C31H53ClN2O. The van der Waals surface area contributed by atoms with Gasteiger partial charge in [-0.25, -0.2) is 0 Å². The monoisotopic (exact) mass is 504 g/mol. The number of nitrogens with one attached hydrogen (secondary N) is 1. The van der Waals surface area contributed by atoms with Crippen molar-refractivity contribution < 1.29 is 4.79 Å². The molecule has 0 saturated carbocycles. The van der Waals surface area contributed by atoms with Gasteiger partial charge in [0.05, 0.1) is 6.54 Å². The maximum absolute atomic E-state index is 11.5. The number of hydrogen-bond acceptors (Lipinski definition) is 3. The Bertz CT molecular complexity index is 715. The number of ketones is 1. The zero-order valence-electron chi connectivity index (χ0n) is 24.0. The highest BCUT2D eigenvalue weighted by Gasteiger charge is 2.30. The number of halogens is 1. The average molecular weight is 505 g/mol. The van der Waals surface area contributed by atoms with Gasteiger partial charge in [-0.3, -0.25) is 9.69 Å². The number of unbranched alkanes of at least 4 members (excludes halogenated alkanes) is 1. The van der Waals surface area contributed by atoms with Crippen molar-refractivity contribution in [3.05, 3.63) is 70.7 Å². The van der Waals surface area contributed by atoms with Crippen LogP contribution in [0.5, 0.6) is 0 Å². The fourth-order valence-corrected chi connectivity index (χ4v) is 3.54. The van der Waals surface area contributed by atoms with Crippen molar-refractivity contribution in [1.29, 1.82) is 0 Å². The molecule has 1 unspecified atom stereocenters. The number of rotatable bonds is 5. The number of carbonyl (C=O) groups is 1. The van der Waals surface area contributed by atoms with Crippen LogP contribution < -0.4 is 5.32 Å². The molecule has 0 radical (unpaired) electrons. The largest absolute Gasteiger partial charge is 0.323 e. The smallest absolute Gasteiger partial charge is 0.146 e. The number of carbonyl (C=O) groups excluding carboxylic acids is 1. The zero-order chi connectivity index (χ0) is 27.1. The Kier molecular flexibility index (Phi) is 24.4. The van der Waals surface area contributed by atoms with Gasteiger partial charge in [-0.1, -0.05) is 115 Å². The second-order valence-corrected chi connectivity index (χ2v) is 9.52. The molecule has 3 nitrogen and oxygen atoms in total. The first-order valence-electron chi connectivity index (χ1n) is 13.3. The van der Waals surface area contributed by atoms with Crippen LogP contribution in [0.25, 0.3) is 0 Å². The number of nitrogens with zero attached hydrogens (tertiary/aromatic N) is 1.